The van der Waals surface area contributed by atoms with Crippen molar-refractivity contribution in [2.75, 3.05) is 19.6 Å². The summed E-state index contributed by atoms with van der Waals surface area (Å²) >= 11 is 0. The quantitative estimate of drug-likeness (QED) is 0.924. The lowest BCUT2D eigenvalue weighted by Crippen LogP contribution is -2.45. The third kappa shape index (κ3) is 3.07. The Morgan fingerprint density at radius 1 is 1.19 bits per heavy atom. The van der Waals surface area contributed by atoms with Gasteiger partial charge in [-0.1, -0.05) is 6.92 Å². The summed E-state index contributed by atoms with van der Waals surface area (Å²) in [6, 6.07) is 0.730. The van der Waals surface area contributed by atoms with Crippen LogP contribution in [0.5, 0.6) is 0 Å². The predicted octanol–water partition coefficient (Wildman–Crippen LogP) is 1.85. The van der Waals surface area contributed by atoms with E-state index in [9.17, 15) is 21.6 Å². The zero-order valence-corrected chi connectivity index (χ0v) is 12.4. The maximum Gasteiger partial charge on any atom is 0.248 e. The highest BCUT2D eigenvalue weighted by Crippen LogP contribution is 2.33. The molecular formula is C13H17F3N2O2S. The molecule has 0 bridgehead atoms. The third-order valence-electron chi connectivity index (χ3n) is 3.98. The Morgan fingerprint density at radius 3 is 2.10 bits per heavy atom. The average molecular weight is 322 g/mol. The van der Waals surface area contributed by atoms with Gasteiger partial charge in [-0.05, 0) is 24.8 Å². The summed E-state index contributed by atoms with van der Waals surface area (Å²) in [7, 11) is -4.32. The van der Waals surface area contributed by atoms with E-state index in [1.54, 1.807) is 0 Å². The van der Waals surface area contributed by atoms with Crippen molar-refractivity contribution < 1.29 is 21.6 Å². The van der Waals surface area contributed by atoms with Crippen LogP contribution in [0.15, 0.2) is 17.0 Å². The Balaban J connectivity index is 2.33. The van der Waals surface area contributed by atoms with E-state index in [2.05, 4.69) is 0 Å². The van der Waals surface area contributed by atoms with Crippen LogP contribution >= 0.6 is 0 Å². The van der Waals surface area contributed by atoms with Crippen molar-refractivity contribution in [1.29, 1.82) is 0 Å². The molecule has 0 aromatic heterocycles. The summed E-state index contributed by atoms with van der Waals surface area (Å²) < 4.78 is 65.9. The number of sulfonamides is 1. The Bertz CT molecular complexity index is 618. The minimum absolute atomic E-state index is 0.131. The fourth-order valence-corrected chi connectivity index (χ4v) is 3.91. The highest BCUT2D eigenvalue weighted by molar-refractivity contribution is 7.89. The summed E-state index contributed by atoms with van der Waals surface area (Å²) in [6.07, 6.45) is 1.01. The van der Waals surface area contributed by atoms with Gasteiger partial charge in [0.15, 0.2) is 4.90 Å². The minimum Gasteiger partial charge on any atom is -0.330 e. The summed E-state index contributed by atoms with van der Waals surface area (Å²) in [5, 5.41) is 0. The first-order valence-electron chi connectivity index (χ1n) is 6.54. The molecule has 21 heavy (non-hydrogen) atoms. The van der Waals surface area contributed by atoms with E-state index in [-0.39, 0.29) is 18.5 Å². The molecule has 1 aliphatic rings. The van der Waals surface area contributed by atoms with Gasteiger partial charge < -0.3 is 5.73 Å². The summed E-state index contributed by atoms with van der Waals surface area (Å²) in [6.45, 7) is 2.62. The van der Waals surface area contributed by atoms with Crippen LogP contribution in [0.3, 0.4) is 0 Å². The molecule has 0 saturated carbocycles. The maximum atomic E-state index is 13.7. The van der Waals surface area contributed by atoms with E-state index in [4.69, 9.17) is 5.73 Å². The van der Waals surface area contributed by atoms with Crippen molar-refractivity contribution in [3.8, 4) is 0 Å². The van der Waals surface area contributed by atoms with E-state index in [1.165, 1.54) is 0 Å². The fourth-order valence-electron chi connectivity index (χ4n) is 2.38. The predicted molar refractivity (Wildman–Crippen MR) is 71.5 cm³/mol. The summed E-state index contributed by atoms with van der Waals surface area (Å²) in [4.78, 5) is -1.10. The van der Waals surface area contributed by atoms with E-state index in [0.717, 1.165) is 4.31 Å². The van der Waals surface area contributed by atoms with Gasteiger partial charge in [0.2, 0.25) is 10.0 Å². The van der Waals surface area contributed by atoms with Crippen molar-refractivity contribution in [3.63, 3.8) is 0 Å². The molecule has 4 nitrogen and oxygen atoms in total. The molecular weight excluding hydrogens is 305 g/mol. The Hall–Kier alpha value is -1.12. The number of hydrogen-bond donors (Lipinski definition) is 1. The Labute approximate surface area is 121 Å². The van der Waals surface area contributed by atoms with Gasteiger partial charge in [-0.3, -0.25) is 0 Å². The molecule has 0 atom stereocenters. The molecule has 8 heteroatoms. The van der Waals surface area contributed by atoms with Crippen molar-refractivity contribution in [1.82, 2.24) is 4.31 Å². The van der Waals surface area contributed by atoms with Crippen molar-refractivity contribution >= 4 is 10.0 Å². The highest BCUT2D eigenvalue weighted by Gasteiger charge is 2.37. The first kappa shape index (κ1) is 16.3. The van der Waals surface area contributed by atoms with Crippen LogP contribution in [0.1, 0.15) is 19.8 Å². The molecule has 1 fully saturated rings. The van der Waals surface area contributed by atoms with E-state index >= 15 is 0 Å². The number of benzene rings is 1. The van der Waals surface area contributed by atoms with Gasteiger partial charge in [-0.25, -0.2) is 21.6 Å². The second kappa shape index (κ2) is 5.58. The molecule has 1 aromatic carbocycles. The molecule has 2 rings (SSSR count). The number of halogens is 3. The number of hydrogen-bond acceptors (Lipinski definition) is 3. The van der Waals surface area contributed by atoms with Crippen molar-refractivity contribution in [2.24, 2.45) is 11.1 Å². The zero-order valence-electron chi connectivity index (χ0n) is 11.6. The molecule has 1 aromatic rings. The molecule has 0 spiro atoms. The first-order valence-corrected chi connectivity index (χ1v) is 7.98. The van der Waals surface area contributed by atoms with Gasteiger partial charge in [0.05, 0.1) is 0 Å². The van der Waals surface area contributed by atoms with E-state index in [0.29, 0.717) is 31.5 Å². The van der Waals surface area contributed by atoms with E-state index in [1.807, 2.05) is 6.92 Å². The van der Waals surface area contributed by atoms with Crippen molar-refractivity contribution in [3.05, 3.63) is 29.6 Å². The molecule has 1 heterocycles. The third-order valence-corrected chi connectivity index (χ3v) is 5.93. The highest BCUT2D eigenvalue weighted by atomic mass is 32.2. The average Bonchev–Trinajstić information content (AvgIpc) is 2.37. The first-order chi connectivity index (χ1) is 9.69. The minimum atomic E-state index is -4.32. The Morgan fingerprint density at radius 2 is 1.67 bits per heavy atom. The number of nitrogens with two attached hydrogens (primary N) is 1. The number of nitrogens with zero attached hydrogens (tertiary/aromatic N) is 1. The molecule has 0 aliphatic carbocycles. The monoisotopic (exact) mass is 322 g/mol. The van der Waals surface area contributed by atoms with Gasteiger partial charge in [0.1, 0.15) is 17.5 Å². The topological polar surface area (TPSA) is 63.4 Å². The summed E-state index contributed by atoms with van der Waals surface area (Å²) in [5.74, 6) is -3.99. The largest absolute Gasteiger partial charge is 0.330 e. The van der Waals surface area contributed by atoms with Crippen LogP contribution in [0, 0.1) is 22.9 Å². The number of rotatable bonds is 3. The van der Waals surface area contributed by atoms with Gasteiger partial charge >= 0.3 is 0 Å². The summed E-state index contributed by atoms with van der Waals surface area (Å²) in [5.41, 5.74) is 5.46. The molecule has 118 valence electrons. The standard InChI is InChI=1S/C13H17F3N2O2S/c1-13(8-17)2-4-18(5-3-13)21(19,20)12-10(15)6-9(14)7-11(12)16/h6-7H,2-5,8,17H2,1H3. The van der Waals surface area contributed by atoms with Crippen LogP contribution < -0.4 is 5.73 Å². The normalized spacial score (nSPS) is 19.7. The van der Waals surface area contributed by atoms with Crippen LogP contribution in [-0.2, 0) is 10.0 Å². The van der Waals surface area contributed by atoms with Gasteiger partial charge in [0, 0.05) is 25.2 Å². The lowest BCUT2D eigenvalue weighted by molar-refractivity contribution is 0.182. The second-order valence-corrected chi connectivity index (χ2v) is 7.49. The van der Waals surface area contributed by atoms with Crippen LogP contribution in [0.4, 0.5) is 13.2 Å². The smallest absolute Gasteiger partial charge is 0.248 e. The van der Waals surface area contributed by atoms with Crippen LogP contribution in [-0.4, -0.2) is 32.4 Å². The Kier molecular flexibility index (Phi) is 4.32. The SMILES string of the molecule is CC1(CN)CCN(S(=O)(=O)c2c(F)cc(F)cc2F)CC1. The lowest BCUT2D eigenvalue weighted by Gasteiger charge is -2.37. The molecule has 1 aliphatic heterocycles. The molecule has 2 N–H and O–H groups in total. The fraction of sp³-hybridized carbons (Fsp3) is 0.538. The van der Waals surface area contributed by atoms with E-state index < -0.39 is 32.4 Å². The second-order valence-electron chi connectivity index (χ2n) is 5.62. The van der Waals surface area contributed by atoms with Gasteiger partial charge in [-0.2, -0.15) is 4.31 Å². The molecule has 0 amide bonds. The van der Waals surface area contributed by atoms with Gasteiger partial charge in [0.25, 0.3) is 0 Å². The maximum absolute atomic E-state index is 13.7. The lowest BCUT2D eigenvalue weighted by atomic mass is 9.81. The van der Waals surface area contributed by atoms with Crippen molar-refractivity contribution in [2.45, 2.75) is 24.7 Å². The van der Waals surface area contributed by atoms with Crippen LogP contribution in [0.25, 0.3) is 0 Å². The molecule has 1 saturated heterocycles. The number of piperidine rings is 1. The molecule has 0 radical (unpaired) electrons. The molecule has 0 unspecified atom stereocenters. The van der Waals surface area contributed by atoms with Gasteiger partial charge in [-0.15, -0.1) is 0 Å². The van der Waals surface area contributed by atoms with Crippen LogP contribution in [0.2, 0.25) is 0 Å². The zero-order chi connectivity index (χ0) is 15.8.